The number of allylic oxidation sites excluding steroid dienone is 2. The highest BCUT2D eigenvalue weighted by atomic mass is 16.5. The summed E-state index contributed by atoms with van der Waals surface area (Å²) in [5.74, 6) is 0.670. The smallest absolute Gasteiger partial charge is 0.356 e. The Kier molecular flexibility index (Phi) is 6.87. The molecule has 7 rings (SSSR count). The van der Waals surface area contributed by atoms with Crippen molar-refractivity contribution in [2.45, 2.75) is 45.9 Å². The number of aromatic nitrogens is 6. The summed E-state index contributed by atoms with van der Waals surface area (Å²) in [5, 5.41) is 8.53. The molecule has 0 N–H and O–H groups in total. The van der Waals surface area contributed by atoms with Crippen molar-refractivity contribution in [2.75, 3.05) is 7.11 Å². The molecule has 1 aliphatic carbocycles. The van der Waals surface area contributed by atoms with E-state index in [0.29, 0.717) is 59.1 Å². The Bertz CT molecular complexity index is 2070. The Balaban J connectivity index is 1.32. The highest BCUT2D eigenvalue weighted by molar-refractivity contribution is 6.04. The average Bonchev–Trinajstić information content (AvgIpc) is 3.69. The number of ether oxygens (including phenoxy) is 2. The molecular weight excluding hydrogens is 572 g/mol. The van der Waals surface area contributed by atoms with E-state index in [-0.39, 0.29) is 17.8 Å². The maximum absolute atomic E-state index is 14.1. The zero-order valence-corrected chi connectivity index (χ0v) is 25.2. The van der Waals surface area contributed by atoms with Gasteiger partial charge in [0.05, 0.1) is 31.2 Å². The molecule has 0 amide bonds. The van der Waals surface area contributed by atoms with Crippen LogP contribution in [0.15, 0.2) is 100 Å². The van der Waals surface area contributed by atoms with Crippen LogP contribution in [-0.2, 0) is 17.9 Å². The number of fused-ring (bicyclic) bond motifs is 2. The maximum Gasteiger partial charge on any atom is 0.356 e. The molecule has 0 spiro atoms. The van der Waals surface area contributed by atoms with E-state index in [0.717, 1.165) is 10.1 Å². The molecule has 3 aromatic carbocycles. The largest absolute Gasteiger partial charge is 0.493 e. The molecule has 0 saturated carbocycles. The van der Waals surface area contributed by atoms with Crippen molar-refractivity contribution in [1.29, 1.82) is 0 Å². The van der Waals surface area contributed by atoms with Crippen molar-refractivity contribution in [1.82, 2.24) is 28.9 Å². The van der Waals surface area contributed by atoms with E-state index in [9.17, 15) is 14.4 Å². The molecule has 228 valence electrons. The number of carbonyl (C=O) groups is 1. The van der Waals surface area contributed by atoms with Crippen molar-refractivity contribution in [3.8, 4) is 17.2 Å². The second-order valence-electron chi connectivity index (χ2n) is 12.2. The van der Waals surface area contributed by atoms with Crippen LogP contribution < -0.4 is 20.9 Å². The van der Waals surface area contributed by atoms with E-state index in [4.69, 9.17) is 9.47 Å². The van der Waals surface area contributed by atoms with Gasteiger partial charge in [0.25, 0.3) is 0 Å². The molecule has 11 heteroatoms. The first-order valence-corrected chi connectivity index (χ1v) is 14.8. The number of nitrogens with zero attached hydrogens (tertiary/aromatic N) is 6. The standard InChI is InChI=1S/C34H32N6O5/c1-34(2)17-26-29(27(41)18-34)30(40-33(43)38(32(42)39(26)40)24-13-8-5-9-14-24)25-15-10-16-28(44-3)31(25)45-21-23-20-37(36-35-23)19-22-11-6-4-7-12-22/h4-16,20,30H,17-19,21H2,1-3H3. The molecular formula is C34H32N6O5. The molecule has 0 fully saturated rings. The third kappa shape index (κ3) is 4.90. The maximum atomic E-state index is 14.1. The lowest BCUT2D eigenvalue weighted by Gasteiger charge is -2.30. The lowest BCUT2D eigenvalue weighted by molar-refractivity contribution is -0.118. The summed E-state index contributed by atoms with van der Waals surface area (Å²) in [6, 6.07) is 23.2. The van der Waals surface area contributed by atoms with E-state index < -0.39 is 17.4 Å². The summed E-state index contributed by atoms with van der Waals surface area (Å²) in [5.41, 5.74) is 2.17. The normalized spacial score (nSPS) is 16.9. The number of hydrogen-bond donors (Lipinski definition) is 0. The van der Waals surface area contributed by atoms with Crippen LogP contribution in [0.5, 0.6) is 11.5 Å². The van der Waals surface area contributed by atoms with Gasteiger partial charge in [-0.15, -0.1) is 5.10 Å². The van der Waals surface area contributed by atoms with Crippen LogP contribution in [0.25, 0.3) is 11.4 Å². The Morgan fingerprint density at radius 1 is 0.889 bits per heavy atom. The van der Waals surface area contributed by atoms with Gasteiger partial charge in [0, 0.05) is 17.6 Å². The number of hydrogen-bond acceptors (Lipinski definition) is 7. The molecule has 1 aliphatic heterocycles. The van der Waals surface area contributed by atoms with Crippen molar-refractivity contribution in [2.24, 2.45) is 5.41 Å². The first-order chi connectivity index (χ1) is 21.8. The lowest BCUT2D eigenvalue weighted by atomic mass is 9.74. The molecule has 3 heterocycles. The first-order valence-electron chi connectivity index (χ1n) is 14.8. The molecule has 11 nitrogen and oxygen atoms in total. The highest BCUT2D eigenvalue weighted by Gasteiger charge is 2.47. The molecule has 2 aromatic heterocycles. The summed E-state index contributed by atoms with van der Waals surface area (Å²) >= 11 is 0. The number of Topliss-reactive ketones (excluding diaryl/α,β-unsaturated/α-hetero) is 1. The summed E-state index contributed by atoms with van der Waals surface area (Å²) in [6.45, 7) is 4.61. The van der Waals surface area contributed by atoms with Gasteiger partial charge in [-0.25, -0.2) is 28.2 Å². The molecule has 2 aliphatic rings. The van der Waals surface area contributed by atoms with E-state index in [2.05, 4.69) is 10.3 Å². The Morgan fingerprint density at radius 2 is 1.62 bits per heavy atom. The summed E-state index contributed by atoms with van der Waals surface area (Å²) < 4.78 is 17.7. The molecule has 0 bridgehead atoms. The van der Waals surface area contributed by atoms with E-state index in [1.807, 2.05) is 56.4 Å². The minimum atomic E-state index is -0.896. The summed E-state index contributed by atoms with van der Waals surface area (Å²) in [6.07, 6.45) is 2.56. The van der Waals surface area contributed by atoms with Gasteiger partial charge in [-0.2, -0.15) is 0 Å². The van der Waals surface area contributed by atoms with Gasteiger partial charge in [0.15, 0.2) is 17.3 Å². The predicted molar refractivity (Wildman–Crippen MR) is 167 cm³/mol. The fraction of sp³-hybridized carbons (Fsp3) is 0.265. The molecule has 0 saturated heterocycles. The Morgan fingerprint density at radius 3 is 2.36 bits per heavy atom. The SMILES string of the molecule is COc1cccc(C2C3=C(CC(C)(C)CC3=O)n3c(=O)n(-c4ccccc4)c(=O)n32)c1OCc1cn(Cc2ccccc2)nn1. The number of ketones is 1. The Labute approximate surface area is 258 Å². The quantitative estimate of drug-likeness (QED) is 0.260. The van der Waals surface area contributed by atoms with Crippen molar-refractivity contribution < 1.29 is 14.3 Å². The molecule has 1 atom stereocenters. The minimum Gasteiger partial charge on any atom is -0.493 e. The van der Waals surface area contributed by atoms with Crippen LogP contribution in [-0.4, -0.2) is 41.8 Å². The second kappa shape index (κ2) is 10.9. The van der Waals surface area contributed by atoms with Crippen LogP contribution in [0, 0.1) is 5.41 Å². The number of methoxy groups -OCH3 is 1. The zero-order valence-electron chi connectivity index (χ0n) is 25.2. The topological polar surface area (TPSA) is 115 Å². The monoisotopic (exact) mass is 604 g/mol. The lowest BCUT2D eigenvalue weighted by Crippen LogP contribution is -2.33. The predicted octanol–water partition coefficient (Wildman–Crippen LogP) is 4.23. The van der Waals surface area contributed by atoms with E-state index >= 15 is 0 Å². The number of para-hydroxylation sites is 2. The Hall–Kier alpha value is -5.45. The third-order valence-corrected chi connectivity index (χ3v) is 8.32. The fourth-order valence-electron chi connectivity index (χ4n) is 6.40. The van der Waals surface area contributed by atoms with E-state index in [1.165, 1.54) is 16.5 Å². The van der Waals surface area contributed by atoms with Gasteiger partial charge in [0.2, 0.25) is 0 Å². The van der Waals surface area contributed by atoms with Gasteiger partial charge in [0.1, 0.15) is 18.3 Å². The fourth-order valence-corrected chi connectivity index (χ4v) is 6.40. The molecule has 1 unspecified atom stereocenters. The number of carbonyl (C=O) groups excluding carboxylic acids is 1. The van der Waals surface area contributed by atoms with Crippen LogP contribution in [0.3, 0.4) is 0 Å². The van der Waals surface area contributed by atoms with Gasteiger partial charge in [-0.1, -0.05) is 79.7 Å². The van der Waals surface area contributed by atoms with E-state index in [1.54, 1.807) is 47.1 Å². The van der Waals surface area contributed by atoms with Crippen molar-refractivity contribution in [3.05, 3.63) is 128 Å². The van der Waals surface area contributed by atoms with Gasteiger partial charge >= 0.3 is 11.4 Å². The summed E-state index contributed by atoms with van der Waals surface area (Å²) in [4.78, 5) is 41.9. The molecule has 5 aromatic rings. The van der Waals surface area contributed by atoms with Crippen LogP contribution in [0.4, 0.5) is 0 Å². The second-order valence-corrected chi connectivity index (χ2v) is 12.2. The first kappa shape index (κ1) is 28.3. The minimum absolute atomic E-state index is 0.0640. The van der Waals surface area contributed by atoms with Crippen LogP contribution >= 0.6 is 0 Å². The van der Waals surface area contributed by atoms with Gasteiger partial charge < -0.3 is 9.47 Å². The average molecular weight is 605 g/mol. The summed E-state index contributed by atoms with van der Waals surface area (Å²) in [7, 11) is 1.53. The molecule has 0 radical (unpaired) electrons. The van der Waals surface area contributed by atoms with Crippen LogP contribution in [0.2, 0.25) is 0 Å². The highest BCUT2D eigenvalue weighted by Crippen LogP contribution is 2.49. The van der Waals surface area contributed by atoms with Gasteiger partial charge in [-0.05, 0) is 35.6 Å². The number of rotatable bonds is 8. The van der Waals surface area contributed by atoms with Crippen molar-refractivity contribution >= 4 is 11.5 Å². The van der Waals surface area contributed by atoms with Gasteiger partial charge in [-0.3, -0.25) is 4.79 Å². The zero-order chi connectivity index (χ0) is 31.3. The third-order valence-electron chi connectivity index (χ3n) is 8.32. The number of benzene rings is 3. The van der Waals surface area contributed by atoms with Crippen molar-refractivity contribution in [3.63, 3.8) is 0 Å². The molecule has 45 heavy (non-hydrogen) atoms. The van der Waals surface area contributed by atoms with Crippen LogP contribution in [0.1, 0.15) is 49.6 Å².